The maximum absolute atomic E-state index is 12.7. The standard InChI is InChI=1S/C18H11ClN4O4/c19-11-5-1-2-6-12(11)21-18(24)10-4-3-7-13-16(10)22-17(20-13)14-8-9-15(27-14)23(25)26/h1-9H,(H,20,22)(H,21,24). The number of benzene rings is 2. The number of aromatic amines is 1. The van der Waals surface area contributed by atoms with Crippen LogP contribution in [0.25, 0.3) is 22.6 Å². The van der Waals surface area contributed by atoms with Gasteiger partial charge in [0.1, 0.15) is 10.4 Å². The Morgan fingerprint density at radius 3 is 2.70 bits per heavy atom. The van der Waals surface area contributed by atoms with E-state index >= 15 is 0 Å². The number of halogens is 1. The number of carbonyl (C=O) groups excluding carboxylic acids is 1. The molecule has 2 heterocycles. The number of nitrogens with zero attached hydrogens (tertiary/aromatic N) is 2. The minimum atomic E-state index is -0.630. The zero-order chi connectivity index (χ0) is 19.0. The number of aromatic nitrogens is 2. The van der Waals surface area contributed by atoms with Crippen molar-refractivity contribution >= 4 is 40.1 Å². The second kappa shape index (κ2) is 6.58. The molecule has 0 fully saturated rings. The smallest absolute Gasteiger partial charge is 0.397 e. The molecule has 9 heteroatoms. The van der Waals surface area contributed by atoms with Gasteiger partial charge in [0, 0.05) is 0 Å². The monoisotopic (exact) mass is 382 g/mol. The van der Waals surface area contributed by atoms with Crippen LogP contribution < -0.4 is 5.32 Å². The average molecular weight is 383 g/mol. The summed E-state index contributed by atoms with van der Waals surface area (Å²) in [6.45, 7) is 0. The lowest BCUT2D eigenvalue weighted by molar-refractivity contribution is -0.401. The van der Waals surface area contributed by atoms with Crippen molar-refractivity contribution in [1.29, 1.82) is 0 Å². The molecule has 2 N–H and O–H groups in total. The van der Waals surface area contributed by atoms with Gasteiger partial charge in [-0.15, -0.1) is 0 Å². The number of nitro groups is 1. The second-order valence-corrected chi connectivity index (χ2v) is 6.02. The topological polar surface area (TPSA) is 114 Å². The van der Waals surface area contributed by atoms with Gasteiger partial charge in [-0.2, -0.15) is 0 Å². The number of furan rings is 1. The molecule has 0 radical (unpaired) electrons. The largest absolute Gasteiger partial charge is 0.433 e. The van der Waals surface area contributed by atoms with E-state index in [9.17, 15) is 14.9 Å². The summed E-state index contributed by atoms with van der Waals surface area (Å²) in [6, 6.07) is 14.7. The quantitative estimate of drug-likeness (QED) is 0.394. The predicted octanol–water partition coefficient (Wildman–Crippen LogP) is 4.64. The molecule has 27 heavy (non-hydrogen) atoms. The molecule has 0 spiro atoms. The van der Waals surface area contributed by atoms with Gasteiger partial charge < -0.3 is 14.7 Å². The van der Waals surface area contributed by atoms with E-state index in [1.54, 1.807) is 42.5 Å². The third kappa shape index (κ3) is 3.13. The molecule has 2 aromatic carbocycles. The van der Waals surface area contributed by atoms with E-state index in [0.717, 1.165) is 0 Å². The molecular weight excluding hydrogens is 372 g/mol. The first-order valence-corrected chi connectivity index (χ1v) is 8.20. The van der Waals surface area contributed by atoms with E-state index in [4.69, 9.17) is 16.0 Å². The first kappa shape index (κ1) is 16.8. The fourth-order valence-corrected chi connectivity index (χ4v) is 2.82. The minimum Gasteiger partial charge on any atom is -0.397 e. The molecule has 4 aromatic rings. The van der Waals surface area contributed by atoms with Crippen LogP contribution in [0.4, 0.5) is 11.6 Å². The molecule has 0 atom stereocenters. The van der Waals surface area contributed by atoms with Gasteiger partial charge in [-0.05, 0) is 30.3 Å². The Kier molecular flexibility index (Phi) is 4.09. The zero-order valence-corrected chi connectivity index (χ0v) is 14.4. The van der Waals surface area contributed by atoms with Gasteiger partial charge in [-0.1, -0.05) is 29.8 Å². The Morgan fingerprint density at radius 1 is 1.15 bits per heavy atom. The Hall–Kier alpha value is -3.65. The number of amides is 1. The van der Waals surface area contributed by atoms with Crippen LogP contribution in [-0.4, -0.2) is 20.8 Å². The van der Waals surface area contributed by atoms with Gasteiger partial charge in [0.2, 0.25) is 0 Å². The SMILES string of the molecule is O=C(Nc1ccccc1Cl)c1cccc2[nH]c(-c3ccc([N+](=O)[O-])o3)nc12. The van der Waals surface area contributed by atoms with Gasteiger partial charge in [-0.25, -0.2) is 4.98 Å². The van der Waals surface area contributed by atoms with Crippen LogP contribution in [0.1, 0.15) is 10.4 Å². The number of H-pyrrole nitrogens is 1. The highest BCUT2D eigenvalue weighted by Crippen LogP contribution is 2.28. The molecule has 8 nitrogen and oxygen atoms in total. The molecular formula is C18H11ClN4O4. The van der Waals surface area contributed by atoms with Crippen LogP contribution >= 0.6 is 11.6 Å². The van der Waals surface area contributed by atoms with Crippen LogP contribution in [0, 0.1) is 10.1 Å². The first-order chi connectivity index (χ1) is 13.0. The summed E-state index contributed by atoms with van der Waals surface area (Å²) in [6.07, 6.45) is 0. The number of hydrogen-bond donors (Lipinski definition) is 2. The lowest BCUT2D eigenvalue weighted by Gasteiger charge is -2.07. The maximum atomic E-state index is 12.7. The molecule has 4 rings (SSSR count). The number of anilines is 1. The molecule has 0 aliphatic rings. The Labute approximate surface area is 156 Å². The van der Waals surface area contributed by atoms with E-state index in [1.165, 1.54) is 12.1 Å². The van der Waals surface area contributed by atoms with Gasteiger partial charge in [-0.3, -0.25) is 14.9 Å². The van der Waals surface area contributed by atoms with E-state index in [1.807, 2.05) is 0 Å². The molecule has 0 aliphatic heterocycles. The van der Waals surface area contributed by atoms with Gasteiger partial charge in [0.15, 0.2) is 11.6 Å². The highest BCUT2D eigenvalue weighted by atomic mass is 35.5. The van der Waals surface area contributed by atoms with Crippen LogP contribution in [0.2, 0.25) is 5.02 Å². The number of hydrogen-bond acceptors (Lipinski definition) is 5. The number of para-hydroxylation sites is 2. The van der Waals surface area contributed by atoms with Crippen molar-refractivity contribution in [1.82, 2.24) is 9.97 Å². The summed E-state index contributed by atoms with van der Waals surface area (Å²) in [5, 5.41) is 13.9. The molecule has 2 aromatic heterocycles. The highest BCUT2D eigenvalue weighted by molar-refractivity contribution is 6.34. The number of rotatable bonds is 4. The fraction of sp³-hybridized carbons (Fsp3) is 0. The summed E-state index contributed by atoms with van der Waals surface area (Å²) in [5.74, 6) is -0.272. The lowest BCUT2D eigenvalue weighted by atomic mass is 10.1. The van der Waals surface area contributed by atoms with Gasteiger partial charge in [0.05, 0.1) is 27.9 Å². The third-order valence-electron chi connectivity index (χ3n) is 3.88. The minimum absolute atomic E-state index is 0.204. The Balaban J connectivity index is 1.71. The predicted molar refractivity (Wildman–Crippen MR) is 99.9 cm³/mol. The van der Waals surface area contributed by atoms with Crippen molar-refractivity contribution in [3.63, 3.8) is 0 Å². The molecule has 0 unspecified atom stereocenters. The molecule has 0 aliphatic carbocycles. The molecule has 0 saturated heterocycles. The highest BCUT2D eigenvalue weighted by Gasteiger charge is 2.19. The first-order valence-electron chi connectivity index (χ1n) is 7.82. The van der Waals surface area contributed by atoms with E-state index in [0.29, 0.717) is 27.3 Å². The molecule has 1 amide bonds. The molecule has 134 valence electrons. The summed E-state index contributed by atoms with van der Waals surface area (Å²) in [4.78, 5) is 30.2. The van der Waals surface area contributed by atoms with E-state index < -0.39 is 4.92 Å². The number of fused-ring (bicyclic) bond motifs is 1. The van der Waals surface area contributed by atoms with Crippen molar-refractivity contribution in [2.24, 2.45) is 0 Å². The zero-order valence-electron chi connectivity index (χ0n) is 13.6. The van der Waals surface area contributed by atoms with Crippen molar-refractivity contribution in [2.45, 2.75) is 0 Å². The van der Waals surface area contributed by atoms with Gasteiger partial charge >= 0.3 is 5.88 Å². The lowest BCUT2D eigenvalue weighted by Crippen LogP contribution is -2.12. The fourth-order valence-electron chi connectivity index (χ4n) is 2.64. The normalized spacial score (nSPS) is 10.9. The van der Waals surface area contributed by atoms with E-state index in [2.05, 4.69) is 15.3 Å². The van der Waals surface area contributed by atoms with E-state index in [-0.39, 0.29) is 23.4 Å². The number of nitrogens with one attached hydrogen (secondary N) is 2. The van der Waals surface area contributed by atoms with Crippen molar-refractivity contribution < 1.29 is 14.1 Å². The summed E-state index contributed by atoms with van der Waals surface area (Å²) in [7, 11) is 0. The van der Waals surface area contributed by atoms with Crippen molar-refractivity contribution in [3.05, 3.63) is 75.3 Å². The number of carbonyl (C=O) groups is 1. The Morgan fingerprint density at radius 2 is 1.96 bits per heavy atom. The van der Waals surface area contributed by atoms with Crippen molar-refractivity contribution in [3.8, 4) is 11.6 Å². The number of imidazole rings is 1. The summed E-state index contributed by atoms with van der Waals surface area (Å²) in [5.41, 5.74) is 1.82. The summed E-state index contributed by atoms with van der Waals surface area (Å²) >= 11 is 6.08. The van der Waals surface area contributed by atoms with Crippen LogP contribution in [0.3, 0.4) is 0 Å². The Bertz CT molecular complexity index is 1180. The van der Waals surface area contributed by atoms with Crippen LogP contribution in [-0.2, 0) is 0 Å². The van der Waals surface area contributed by atoms with Crippen LogP contribution in [0.5, 0.6) is 0 Å². The average Bonchev–Trinajstić information content (AvgIpc) is 3.30. The van der Waals surface area contributed by atoms with Gasteiger partial charge in [0.25, 0.3) is 5.91 Å². The second-order valence-electron chi connectivity index (χ2n) is 5.62. The summed E-state index contributed by atoms with van der Waals surface area (Å²) < 4.78 is 5.16. The maximum Gasteiger partial charge on any atom is 0.433 e. The molecule has 0 bridgehead atoms. The third-order valence-corrected chi connectivity index (χ3v) is 4.21. The van der Waals surface area contributed by atoms with Crippen molar-refractivity contribution in [2.75, 3.05) is 5.32 Å². The van der Waals surface area contributed by atoms with Crippen LogP contribution in [0.15, 0.2) is 59.0 Å². The molecule has 0 saturated carbocycles.